The zero-order valence-electron chi connectivity index (χ0n) is 20.8. The zero-order chi connectivity index (χ0) is 24.4. The number of hydrogen-bond donors (Lipinski definition) is 3. The quantitative estimate of drug-likeness (QED) is 0.305. The minimum absolute atomic E-state index is 0.0578. The summed E-state index contributed by atoms with van der Waals surface area (Å²) in [7, 11) is 0. The van der Waals surface area contributed by atoms with E-state index in [0.717, 1.165) is 18.4 Å². The first-order valence-corrected chi connectivity index (χ1v) is 12.1. The van der Waals surface area contributed by atoms with Gasteiger partial charge in [0, 0.05) is 12.5 Å². The van der Waals surface area contributed by atoms with E-state index < -0.39 is 23.9 Å². The maximum atomic E-state index is 12.1. The van der Waals surface area contributed by atoms with Crippen LogP contribution >= 0.6 is 0 Å². The molecule has 0 aromatic rings. The third kappa shape index (κ3) is 6.99. The van der Waals surface area contributed by atoms with E-state index >= 15 is 0 Å². The molecule has 3 saturated heterocycles. The number of aliphatic hydroxyl groups is 2. The van der Waals surface area contributed by atoms with E-state index in [9.17, 15) is 15.0 Å². The number of epoxide rings is 1. The van der Waals surface area contributed by atoms with Gasteiger partial charge in [0.05, 0.1) is 36.6 Å². The van der Waals surface area contributed by atoms with E-state index in [1.165, 1.54) is 12.2 Å². The molecule has 3 N–H and O–H groups in total. The van der Waals surface area contributed by atoms with Gasteiger partial charge in [-0.2, -0.15) is 0 Å². The third-order valence-electron chi connectivity index (χ3n) is 6.84. The molecule has 3 heterocycles. The van der Waals surface area contributed by atoms with Crippen molar-refractivity contribution in [3.05, 3.63) is 36.0 Å². The van der Waals surface area contributed by atoms with Crippen LogP contribution in [0.1, 0.15) is 60.8 Å². The van der Waals surface area contributed by atoms with Gasteiger partial charge in [0.2, 0.25) is 5.91 Å². The molecule has 3 aliphatic heterocycles. The highest BCUT2D eigenvalue weighted by molar-refractivity contribution is 5.87. The number of hydrogen-bond acceptors (Lipinski definition) is 6. The minimum Gasteiger partial charge on any atom is -0.389 e. The number of nitrogens with one attached hydrogen (secondary N) is 1. The third-order valence-corrected chi connectivity index (χ3v) is 6.84. The standard InChI is InChI=1S/C26H41NO6/c1-16(8-11-22-24(30)26(15-31-26)14-25(5,6)33-22)7-10-21-17(2)13-20(19(4)32-21)27-23(29)12-9-18(3)28/h7-9,11-12,17-22,24,28,30H,10,13-15H2,1-6H3,(H,27,29)/b11-8+,12-9-,16-7+/t17-,18-,19+,20+,21-,22+,24+,26+/m0/s1. The van der Waals surface area contributed by atoms with Gasteiger partial charge in [-0.05, 0) is 53.4 Å². The lowest BCUT2D eigenvalue weighted by molar-refractivity contribution is -0.171. The molecule has 1 amide bonds. The second-order valence-electron chi connectivity index (χ2n) is 10.7. The smallest absolute Gasteiger partial charge is 0.244 e. The first kappa shape index (κ1) is 26.1. The summed E-state index contributed by atoms with van der Waals surface area (Å²) >= 11 is 0. The Balaban J connectivity index is 1.52. The highest BCUT2D eigenvalue weighted by Crippen LogP contribution is 2.46. The van der Waals surface area contributed by atoms with Gasteiger partial charge in [-0.3, -0.25) is 4.79 Å². The molecular weight excluding hydrogens is 422 g/mol. The van der Waals surface area contributed by atoms with Gasteiger partial charge >= 0.3 is 0 Å². The lowest BCUT2D eigenvalue weighted by Gasteiger charge is -2.41. The second kappa shape index (κ2) is 10.4. The molecule has 3 fully saturated rings. The van der Waals surface area contributed by atoms with Crippen LogP contribution in [0.4, 0.5) is 0 Å². The predicted octanol–water partition coefficient (Wildman–Crippen LogP) is 2.81. The van der Waals surface area contributed by atoms with Gasteiger partial charge in [-0.25, -0.2) is 0 Å². The molecule has 7 nitrogen and oxygen atoms in total. The van der Waals surface area contributed by atoms with Crippen LogP contribution in [-0.4, -0.2) is 70.5 Å². The summed E-state index contributed by atoms with van der Waals surface area (Å²) in [6.07, 6.45) is 9.52. The highest BCUT2D eigenvalue weighted by atomic mass is 16.6. The van der Waals surface area contributed by atoms with E-state index in [4.69, 9.17) is 14.2 Å². The molecule has 33 heavy (non-hydrogen) atoms. The van der Waals surface area contributed by atoms with E-state index in [2.05, 4.69) is 18.3 Å². The molecule has 1 spiro atoms. The Bertz CT molecular complexity index is 782. The number of carbonyl (C=O) groups excluding carboxylic acids is 1. The average Bonchev–Trinajstić information content (AvgIpc) is 3.48. The monoisotopic (exact) mass is 463 g/mol. The summed E-state index contributed by atoms with van der Waals surface area (Å²) < 4.78 is 17.9. The largest absolute Gasteiger partial charge is 0.389 e. The van der Waals surface area contributed by atoms with Gasteiger partial charge in [0.15, 0.2) is 0 Å². The highest BCUT2D eigenvalue weighted by Gasteiger charge is 2.60. The SMILES string of the molecule is CC(/C=C/[C@H]1OC(C)(C)C[C@@]2(CO2)[C@@H]1O)=C\C[C@@H]1O[C@H](C)[C@H](NC(=O)/C=C\[C@H](C)O)C[C@@H]1C. The van der Waals surface area contributed by atoms with Crippen LogP contribution in [-0.2, 0) is 19.0 Å². The second-order valence-corrected chi connectivity index (χ2v) is 10.7. The molecule has 0 radical (unpaired) electrons. The number of amides is 1. The molecule has 0 unspecified atom stereocenters. The fourth-order valence-corrected chi connectivity index (χ4v) is 4.90. The first-order valence-electron chi connectivity index (χ1n) is 12.1. The van der Waals surface area contributed by atoms with Gasteiger partial charge in [-0.15, -0.1) is 0 Å². The Kier molecular flexibility index (Phi) is 8.23. The minimum atomic E-state index is -0.653. The topological polar surface area (TPSA) is 101 Å². The van der Waals surface area contributed by atoms with E-state index in [-0.39, 0.29) is 35.7 Å². The summed E-state index contributed by atoms with van der Waals surface area (Å²) in [5, 5.41) is 22.9. The van der Waals surface area contributed by atoms with Crippen LogP contribution in [0.15, 0.2) is 36.0 Å². The number of ether oxygens (including phenoxy) is 3. The normalized spacial score (nSPS) is 39.8. The number of rotatable bonds is 7. The Morgan fingerprint density at radius 3 is 2.61 bits per heavy atom. The van der Waals surface area contributed by atoms with Crippen LogP contribution < -0.4 is 5.32 Å². The lowest BCUT2D eigenvalue weighted by Crippen LogP contribution is -2.53. The molecule has 0 aromatic heterocycles. The average molecular weight is 464 g/mol. The van der Waals surface area contributed by atoms with E-state index in [1.807, 2.05) is 39.8 Å². The fraction of sp³-hybridized carbons (Fsp3) is 0.731. The molecular formula is C26H41NO6. The first-order chi connectivity index (χ1) is 15.4. The maximum absolute atomic E-state index is 12.1. The van der Waals surface area contributed by atoms with Crippen LogP contribution in [0.5, 0.6) is 0 Å². The van der Waals surface area contributed by atoms with Crippen molar-refractivity contribution in [2.75, 3.05) is 6.61 Å². The molecule has 3 rings (SSSR count). The summed E-state index contributed by atoms with van der Waals surface area (Å²) in [5.74, 6) is 0.0769. The molecule has 8 atom stereocenters. The molecule has 0 aromatic carbocycles. The van der Waals surface area contributed by atoms with Crippen LogP contribution in [0.25, 0.3) is 0 Å². The Morgan fingerprint density at radius 1 is 1.27 bits per heavy atom. The van der Waals surface area contributed by atoms with Crippen molar-refractivity contribution < 1.29 is 29.2 Å². The molecule has 186 valence electrons. The van der Waals surface area contributed by atoms with Crippen molar-refractivity contribution in [3.63, 3.8) is 0 Å². The predicted molar refractivity (Wildman–Crippen MR) is 127 cm³/mol. The van der Waals surface area contributed by atoms with Crippen molar-refractivity contribution in [2.45, 2.75) is 109 Å². The van der Waals surface area contributed by atoms with Crippen molar-refractivity contribution >= 4 is 5.91 Å². The maximum Gasteiger partial charge on any atom is 0.244 e. The van der Waals surface area contributed by atoms with Crippen LogP contribution in [0, 0.1) is 5.92 Å². The van der Waals surface area contributed by atoms with Crippen molar-refractivity contribution in [1.29, 1.82) is 0 Å². The Morgan fingerprint density at radius 2 is 1.97 bits per heavy atom. The van der Waals surface area contributed by atoms with Gasteiger partial charge < -0.3 is 29.7 Å². The molecule has 0 bridgehead atoms. The molecule has 0 saturated carbocycles. The summed E-state index contributed by atoms with van der Waals surface area (Å²) in [5.41, 5.74) is 0.303. The summed E-state index contributed by atoms with van der Waals surface area (Å²) in [4.78, 5) is 12.1. The number of allylic oxidation sites excluding steroid dienone is 2. The summed E-state index contributed by atoms with van der Waals surface area (Å²) in [6, 6.07) is -0.0578. The van der Waals surface area contributed by atoms with Gasteiger partial charge in [-0.1, -0.05) is 36.8 Å². The number of aliphatic hydroxyl groups excluding tert-OH is 2. The Labute approximate surface area is 197 Å². The zero-order valence-corrected chi connectivity index (χ0v) is 20.8. The van der Waals surface area contributed by atoms with Crippen LogP contribution in [0.2, 0.25) is 0 Å². The summed E-state index contributed by atoms with van der Waals surface area (Å²) in [6.45, 7) is 12.4. The Hall–Kier alpha value is -1.51. The van der Waals surface area contributed by atoms with Gasteiger partial charge in [0.25, 0.3) is 0 Å². The molecule has 3 aliphatic rings. The van der Waals surface area contributed by atoms with Crippen molar-refractivity contribution in [1.82, 2.24) is 5.32 Å². The lowest BCUT2D eigenvalue weighted by atomic mass is 9.83. The van der Waals surface area contributed by atoms with Crippen LogP contribution in [0.3, 0.4) is 0 Å². The fourth-order valence-electron chi connectivity index (χ4n) is 4.90. The van der Waals surface area contributed by atoms with E-state index in [1.54, 1.807) is 6.92 Å². The molecule has 7 heteroatoms. The van der Waals surface area contributed by atoms with Gasteiger partial charge in [0.1, 0.15) is 17.8 Å². The van der Waals surface area contributed by atoms with Crippen molar-refractivity contribution in [3.8, 4) is 0 Å². The van der Waals surface area contributed by atoms with E-state index in [0.29, 0.717) is 13.0 Å². The molecule has 0 aliphatic carbocycles. The number of carbonyl (C=O) groups is 1. The van der Waals surface area contributed by atoms with Crippen molar-refractivity contribution in [2.24, 2.45) is 5.92 Å².